The van der Waals surface area contributed by atoms with Gasteiger partial charge in [0.15, 0.2) is 0 Å². The second kappa shape index (κ2) is 14.9. The van der Waals surface area contributed by atoms with Crippen LogP contribution in [0.2, 0.25) is 0 Å². The van der Waals surface area contributed by atoms with E-state index in [1.807, 2.05) is 0 Å². The zero-order valence-electron chi connectivity index (χ0n) is 35.3. The van der Waals surface area contributed by atoms with Crippen molar-refractivity contribution in [1.29, 1.82) is 0 Å². The first kappa shape index (κ1) is 36.9. The standard InChI is InChI=1S/C54H49BN6/c1-5-56(6-2)50-36-42-46(58(38-22-13-9-14-23-38)39-24-15-10-16-25-39)34-32-44-53(42)60(50)48-30-21-31-49-52(48)55(44)45-33-35-47(43-37-51(57(7-3)8-4)61(49)54(43)45)59(40-26-17-11-18-27-40)41-28-19-12-20-29-41/h9-37H,5-8H2,1-4H3. The molecule has 0 N–H and O–H groups in total. The quantitative estimate of drug-likeness (QED) is 0.115. The minimum atomic E-state index is 0.0296. The maximum absolute atomic E-state index is 2.59. The third-order valence-electron chi connectivity index (χ3n) is 13.1. The van der Waals surface area contributed by atoms with Gasteiger partial charge in [-0.25, -0.2) is 0 Å². The van der Waals surface area contributed by atoms with Crippen molar-refractivity contribution in [3.05, 3.63) is 176 Å². The molecule has 7 heteroatoms. The predicted octanol–water partition coefficient (Wildman–Crippen LogP) is 11.3. The van der Waals surface area contributed by atoms with Crippen molar-refractivity contribution in [3.8, 4) is 11.4 Å². The molecule has 0 radical (unpaired) electrons. The largest absolute Gasteiger partial charge is 0.358 e. The van der Waals surface area contributed by atoms with Crippen LogP contribution in [0.25, 0.3) is 33.2 Å². The zero-order chi connectivity index (χ0) is 41.2. The van der Waals surface area contributed by atoms with Crippen molar-refractivity contribution in [1.82, 2.24) is 9.13 Å². The van der Waals surface area contributed by atoms with Crippen LogP contribution < -0.4 is 36.0 Å². The monoisotopic (exact) mass is 792 g/mol. The zero-order valence-corrected chi connectivity index (χ0v) is 35.3. The molecule has 0 amide bonds. The van der Waals surface area contributed by atoms with E-state index in [0.717, 1.165) is 48.9 Å². The highest BCUT2D eigenvalue weighted by Crippen LogP contribution is 2.46. The van der Waals surface area contributed by atoms with E-state index in [9.17, 15) is 0 Å². The van der Waals surface area contributed by atoms with Gasteiger partial charge in [0, 0.05) is 71.1 Å². The van der Waals surface area contributed by atoms with E-state index in [1.165, 1.54) is 72.6 Å². The number of anilines is 8. The van der Waals surface area contributed by atoms with Crippen LogP contribution in [0.5, 0.6) is 0 Å². The van der Waals surface area contributed by atoms with Crippen LogP contribution in [0.1, 0.15) is 27.7 Å². The fraction of sp³-hybridized carbons (Fsp3) is 0.148. The average molecular weight is 793 g/mol. The highest BCUT2D eigenvalue weighted by Gasteiger charge is 2.42. The third kappa shape index (κ3) is 5.56. The molecule has 4 heterocycles. The van der Waals surface area contributed by atoms with E-state index in [0.29, 0.717) is 0 Å². The van der Waals surface area contributed by atoms with Gasteiger partial charge in [0.05, 0.1) is 22.4 Å². The Kier molecular flexibility index (Phi) is 8.99. The summed E-state index contributed by atoms with van der Waals surface area (Å²) in [6.45, 7) is 12.8. The molecule has 0 fully saturated rings. The number of benzene rings is 7. The molecule has 6 nitrogen and oxygen atoms in total. The summed E-state index contributed by atoms with van der Waals surface area (Å²) in [5.41, 5.74) is 16.0. The number of hydrogen-bond donors (Lipinski definition) is 0. The first-order valence-corrected chi connectivity index (χ1v) is 22.0. The minimum Gasteiger partial charge on any atom is -0.358 e. The average Bonchev–Trinajstić information content (AvgIpc) is 3.91. The maximum Gasteiger partial charge on any atom is 0.252 e. The smallest absolute Gasteiger partial charge is 0.252 e. The Balaban J connectivity index is 1.23. The lowest BCUT2D eigenvalue weighted by atomic mass is 9.34. The lowest BCUT2D eigenvalue weighted by Crippen LogP contribution is -2.59. The summed E-state index contributed by atoms with van der Waals surface area (Å²) in [5, 5.41) is 2.50. The molecule has 0 atom stereocenters. The molecule has 2 aliphatic heterocycles. The van der Waals surface area contributed by atoms with Gasteiger partial charge in [-0.2, -0.15) is 0 Å². The molecule has 0 saturated heterocycles. The number of para-hydroxylation sites is 4. The molecule has 0 saturated carbocycles. The molecule has 0 bridgehead atoms. The molecule has 0 aliphatic carbocycles. The Morgan fingerprint density at radius 3 is 1.07 bits per heavy atom. The molecule has 9 aromatic rings. The first-order valence-electron chi connectivity index (χ1n) is 22.0. The van der Waals surface area contributed by atoms with Gasteiger partial charge in [-0.15, -0.1) is 0 Å². The Labute approximate surface area is 359 Å². The van der Waals surface area contributed by atoms with Crippen molar-refractivity contribution in [2.45, 2.75) is 27.7 Å². The SMILES string of the molecule is CCN(CC)c1cc2c(N(c3ccccc3)c3ccccc3)ccc3c2n1-c1cccc2c1B3c1ccc(N(c3ccccc3)c3ccccc3)c3cc(N(CC)CC)n-2c13. The normalized spacial score (nSPS) is 12.2. The predicted molar refractivity (Wildman–Crippen MR) is 261 cm³/mol. The Morgan fingerprint density at radius 1 is 0.393 bits per heavy atom. The van der Waals surface area contributed by atoms with Crippen molar-refractivity contribution in [2.24, 2.45) is 0 Å². The Morgan fingerprint density at radius 2 is 0.738 bits per heavy atom. The number of aromatic nitrogens is 2. The van der Waals surface area contributed by atoms with Gasteiger partial charge in [-0.1, -0.05) is 91.0 Å². The lowest BCUT2D eigenvalue weighted by molar-refractivity contribution is 0.829. The van der Waals surface area contributed by atoms with Crippen LogP contribution in [-0.4, -0.2) is 42.0 Å². The topological polar surface area (TPSA) is 22.8 Å². The number of fused-ring (bicyclic) bond motifs is 4. The van der Waals surface area contributed by atoms with Gasteiger partial charge < -0.3 is 19.6 Å². The molecule has 7 aromatic carbocycles. The van der Waals surface area contributed by atoms with E-state index in [1.54, 1.807) is 0 Å². The lowest BCUT2D eigenvalue weighted by Gasteiger charge is -2.37. The fourth-order valence-electron chi connectivity index (χ4n) is 10.4. The molecule has 0 unspecified atom stereocenters. The van der Waals surface area contributed by atoms with Crippen LogP contribution >= 0.6 is 0 Å². The van der Waals surface area contributed by atoms with Gasteiger partial charge in [-0.3, -0.25) is 9.13 Å². The van der Waals surface area contributed by atoms with E-state index in [4.69, 9.17) is 0 Å². The Hall–Kier alpha value is -7.12. The third-order valence-corrected chi connectivity index (χ3v) is 13.1. The Bertz CT molecular complexity index is 2760. The summed E-state index contributed by atoms with van der Waals surface area (Å²) in [5.74, 6) is 2.46. The van der Waals surface area contributed by atoms with Crippen LogP contribution in [0, 0.1) is 0 Å². The highest BCUT2D eigenvalue weighted by molar-refractivity contribution is 7.00. The molecule has 0 spiro atoms. The number of hydrogen-bond acceptors (Lipinski definition) is 4. The summed E-state index contributed by atoms with van der Waals surface area (Å²) in [6.07, 6.45) is 0. The first-order chi connectivity index (χ1) is 30.1. The van der Waals surface area contributed by atoms with Gasteiger partial charge in [0.2, 0.25) is 0 Å². The molecule has 61 heavy (non-hydrogen) atoms. The summed E-state index contributed by atoms with van der Waals surface area (Å²) in [7, 11) is 0. The second-order valence-corrected chi connectivity index (χ2v) is 16.0. The molecular formula is C54H49BN6. The van der Waals surface area contributed by atoms with Gasteiger partial charge in [0.1, 0.15) is 11.6 Å². The van der Waals surface area contributed by atoms with Crippen molar-refractivity contribution in [3.63, 3.8) is 0 Å². The van der Waals surface area contributed by atoms with Gasteiger partial charge in [-0.05, 0) is 129 Å². The molecular weight excluding hydrogens is 743 g/mol. The van der Waals surface area contributed by atoms with E-state index in [2.05, 4.69) is 232 Å². The molecule has 2 aromatic heterocycles. The van der Waals surface area contributed by atoms with E-state index >= 15 is 0 Å². The van der Waals surface area contributed by atoms with Gasteiger partial charge >= 0.3 is 0 Å². The van der Waals surface area contributed by atoms with Crippen LogP contribution in [0.4, 0.5) is 45.8 Å². The number of nitrogens with zero attached hydrogens (tertiary/aromatic N) is 6. The van der Waals surface area contributed by atoms with Crippen molar-refractivity contribution in [2.75, 3.05) is 45.8 Å². The van der Waals surface area contributed by atoms with Crippen molar-refractivity contribution >= 4 is 90.7 Å². The molecule has 11 rings (SSSR count). The number of rotatable bonds is 12. The van der Waals surface area contributed by atoms with Crippen LogP contribution in [-0.2, 0) is 0 Å². The molecule has 2 aliphatic rings. The van der Waals surface area contributed by atoms with E-state index in [-0.39, 0.29) is 6.71 Å². The fourth-order valence-corrected chi connectivity index (χ4v) is 10.4. The summed E-state index contributed by atoms with van der Waals surface area (Å²) in [6, 6.07) is 64.9. The van der Waals surface area contributed by atoms with Gasteiger partial charge in [0.25, 0.3) is 6.71 Å². The van der Waals surface area contributed by atoms with Crippen molar-refractivity contribution < 1.29 is 0 Å². The second-order valence-electron chi connectivity index (χ2n) is 16.0. The summed E-state index contributed by atoms with van der Waals surface area (Å²) >= 11 is 0. The summed E-state index contributed by atoms with van der Waals surface area (Å²) < 4.78 is 5.18. The van der Waals surface area contributed by atoms with Crippen LogP contribution in [0.15, 0.2) is 176 Å². The molecule has 298 valence electrons. The highest BCUT2D eigenvalue weighted by atomic mass is 15.3. The van der Waals surface area contributed by atoms with Crippen LogP contribution in [0.3, 0.4) is 0 Å². The minimum absolute atomic E-state index is 0.0296. The van der Waals surface area contributed by atoms with E-state index < -0.39 is 0 Å². The maximum atomic E-state index is 2.59. The summed E-state index contributed by atoms with van der Waals surface area (Å²) in [4.78, 5) is 9.89.